The van der Waals surface area contributed by atoms with Crippen molar-refractivity contribution in [1.82, 2.24) is 10.3 Å². The molecule has 1 N–H and O–H groups in total. The van der Waals surface area contributed by atoms with Gasteiger partial charge in [0, 0.05) is 23.2 Å². The van der Waals surface area contributed by atoms with E-state index in [1.807, 2.05) is 12.3 Å². The van der Waals surface area contributed by atoms with Crippen molar-refractivity contribution in [3.8, 4) is 0 Å². The Morgan fingerprint density at radius 2 is 2.25 bits per heavy atom. The molecule has 0 atom stereocenters. The molecule has 0 spiro atoms. The summed E-state index contributed by atoms with van der Waals surface area (Å²) in [7, 11) is 0. The van der Waals surface area contributed by atoms with Crippen molar-refractivity contribution in [2.45, 2.75) is 19.2 Å². The van der Waals surface area contributed by atoms with Crippen LogP contribution in [0.3, 0.4) is 0 Å². The Morgan fingerprint density at radius 1 is 1.45 bits per heavy atom. The van der Waals surface area contributed by atoms with E-state index in [1.54, 1.807) is 29.5 Å². The normalized spacial score (nSPS) is 10.5. The molecule has 1 amide bonds. The first-order valence-corrected chi connectivity index (χ1v) is 8.17. The number of benzene rings is 1. The zero-order valence-corrected chi connectivity index (χ0v) is 12.7. The second kappa shape index (κ2) is 7.40. The molecular weight excluding hydrogens is 295 g/mol. The van der Waals surface area contributed by atoms with E-state index in [0.717, 1.165) is 16.5 Å². The van der Waals surface area contributed by atoms with Gasteiger partial charge in [-0.1, -0.05) is 18.2 Å². The van der Waals surface area contributed by atoms with E-state index >= 15 is 0 Å². The van der Waals surface area contributed by atoms with Crippen LogP contribution in [0, 0.1) is 12.7 Å². The molecule has 0 fully saturated rings. The average molecular weight is 310 g/mol. The summed E-state index contributed by atoms with van der Waals surface area (Å²) < 4.78 is 13.4. The number of thiazole rings is 1. The van der Waals surface area contributed by atoms with Crippen molar-refractivity contribution < 1.29 is 9.18 Å². The molecule has 0 aliphatic rings. The summed E-state index contributed by atoms with van der Waals surface area (Å²) in [6, 6.07) is 6.44. The van der Waals surface area contributed by atoms with Gasteiger partial charge in [-0.3, -0.25) is 4.79 Å². The van der Waals surface area contributed by atoms with E-state index in [0.29, 0.717) is 11.3 Å². The van der Waals surface area contributed by atoms with Crippen molar-refractivity contribution in [2.24, 2.45) is 0 Å². The SMILES string of the molecule is Cc1nc(CSCC(=O)NCc2ccccc2F)cs1. The predicted octanol–water partition coefficient (Wildman–Crippen LogP) is 3.14. The largest absolute Gasteiger partial charge is 0.351 e. The Morgan fingerprint density at radius 3 is 2.95 bits per heavy atom. The molecule has 0 unspecified atom stereocenters. The van der Waals surface area contributed by atoms with E-state index in [-0.39, 0.29) is 18.3 Å². The van der Waals surface area contributed by atoms with Gasteiger partial charge < -0.3 is 5.32 Å². The second-order valence-corrected chi connectivity index (χ2v) is 6.27. The van der Waals surface area contributed by atoms with Gasteiger partial charge in [0.15, 0.2) is 0 Å². The number of amides is 1. The summed E-state index contributed by atoms with van der Waals surface area (Å²) in [5.41, 5.74) is 1.50. The van der Waals surface area contributed by atoms with Gasteiger partial charge in [-0.25, -0.2) is 9.37 Å². The smallest absolute Gasteiger partial charge is 0.230 e. The van der Waals surface area contributed by atoms with Crippen LogP contribution in [0.15, 0.2) is 29.6 Å². The number of nitrogens with one attached hydrogen (secondary N) is 1. The van der Waals surface area contributed by atoms with Gasteiger partial charge >= 0.3 is 0 Å². The Balaban J connectivity index is 1.69. The molecule has 3 nitrogen and oxygen atoms in total. The molecule has 1 heterocycles. The molecule has 20 heavy (non-hydrogen) atoms. The zero-order chi connectivity index (χ0) is 14.4. The first kappa shape index (κ1) is 15.0. The number of carbonyl (C=O) groups excluding carboxylic acids is 1. The average Bonchev–Trinajstić information content (AvgIpc) is 2.83. The van der Waals surface area contributed by atoms with Crippen LogP contribution in [0.5, 0.6) is 0 Å². The number of hydrogen-bond acceptors (Lipinski definition) is 4. The number of carbonyl (C=O) groups is 1. The fourth-order valence-electron chi connectivity index (χ4n) is 1.61. The Labute approximate surface area is 125 Å². The number of halogens is 1. The van der Waals surface area contributed by atoms with Gasteiger partial charge in [-0.05, 0) is 13.0 Å². The lowest BCUT2D eigenvalue weighted by atomic mass is 10.2. The predicted molar refractivity (Wildman–Crippen MR) is 81.3 cm³/mol. The lowest BCUT2D eigenvalue weighted by Gasteiger charge is -2.05. The highest BCUT2D eigenvalue weighted by Crippen LogP contribution is 2.15. The highest BCUT2D eigenvalue weighted by Gasteiger charge is 2.05. The van der Waals surface area contributed by atoms with Gasteiger partial charge in [0.25, 0.3) is 0 Å². The van der Waals surface area contributed by atoms with Crippen molar-refractivity contribution in [2.75, 3.05) is 5.75 Å². The van der Waals surface area contributed by atoms with E-state index in [2.05, 4.69) is 10.3 Å². The van der Waals surface area contributed by atoms with Crippen molar-refractivity contribution in [1.29, 1.82) is 0 Å². The molecule has 0 saturated heterocycles. The maximum absolute atomic E-state index is 13.4. The summed E-state index contributed by atoms with van der Waals surface area (Å²) in [5.74, 6) is 0.686. The summed E-state index contributed by atoms with van der Waals surface area (Å²) in [4.78, 5) is 16.0. The van der Waals surface area contributed by atoms with Gasteiger partial charge in [-0.2, -0.15) is 0 Å². The standard InChI is InChI=1S/C14H15FN2OS2/c1-10-17-12(8-20-10)7-19-9-14(18)16-6-11-4-2-3-5-13(11)15/h2-5,8H,6-7,9H2,1H3,(H,16,18). The molecule has 106 valence electrons. The van der Waals surface area contributed by atoms with Crippen LogP contribution < -0.4 is 5.32 Å². The fourth-order valence-corrected chi connectivity index (χ4v) is 3.07. The third-order valence-electron chi connectivity index (χ3n) is 2.58. The van der Waals surface area contributed by atoms with E-state index < -0.39 is 0 Å². The first-order chi connectivity index (χ1) is 9.65. The lowest BCUT2D eigenvalue weighted by Crippen LogP contribution is -2.25. The van der Waals surface area contributed by atoms with Crippen LogP contribution >= 0.6 is 23.1 Å². The fraction of sp³-hybridized carbons (Fsp3) is 0.286. The molecule has 0 radical (unpaired) electrons. The summed E-state index contributed by atoms with van der Waals surface area (Å²) in [6.07, 6.45) is 0. The van der Waals surface area contributed by atoms with Crippen LogP contribution in [-0.4, -0.2) is 16.6 Å². The van der Waals surface area contributed by atoms with Crippen LogP contribution in [0.4, 0.5) is 4.39 Å². The van der Waals surface area contributed by atoms with Crippen molar-refractivity contribution in [3.05, 3.63) is 51.7 Å². The highest BCUT2D eigenvalue weighted by atomic mass is 32.2. The number of rotatable bonds is 6. The third kappa shape index (κ3) is 4.61. The summed E-state index contributed by atoms with van der Waals surface area (Å²) in [5, 5.41) is 5.75. The van der Waals surface area contributed by atoms with Gasteiger partial charge in [-0.15, -0.1) is 23.1 Å². The Bertz CT molecular complexity index is 586. The summed E-state index contributed by atoms with van der Waals surface area (Å²) in [6.45, 7) is 2.18. The zero-order valence-electron chi connectivity index (χ0n) is 11.1. The second-order valence-electron chi connectivity index (χ2n) is 4.22. The number of thioether (sulfide) groups is 1. The van der Waals surface area contributed by atoms with Gasteiger partial charge in [0.1, 0.15) is 5.82 Å². The minimum Gasteiger partial charge on any atom is -0.351 e. The topological polar surface area (TPSA) is 42.0 Å². The monoisotopic (exact) mass is 310 g/mol. The number of aryl methyl sites for hydroxylation is 1. The van der Waals surface area contributed by atoms with Crippen molar-refractivity contribution in [3.63, 3.8) is 0 Å². The highest BCUT2D eigenvalue weighted by molar-refractivity contribution is 7.99. The van der Waals surface area contributed by atoms with Crippen LogP contribution in [0.1, 0.15) is 16.3 Å². The minimum absolute atomic E-state index is 0.0924. The molecule has 2 aromatic rings. The molecule has 1 aromatic carbocycles. The molecule has 0 aliphatic heterocycles. The molecule has 0 aliphatic carbocycles. The maximum Gasteiger partial charge on any atom is 0.230 e. The maximum atomic E-state index is 13.4. The van der Waals surface area contributed by atoms with Crippen LogP contribution in [0.2, 0.25) is 0 Å². The molecule has 0 saturated carbocycles. The molecule has 6 heteroatoms. The third-order valence-corrected chi connectivity index (χ3v) is 4.37. The van der Waals surface area contributed by atoms with Gasteiger partial charge in [0.2, 0.25) is 5.91 Å². The van der Waals surface area contributed by atoms with E-state index in [1.165, 1.54) is 17.8 Å². The Hall–Kier alpha value is -1.40. The van der Waals surface area contributed by atoms with E-state index in [4.69, 9.17) is 0 Å². The van der Waals surface area contributed by atoms with Crippen LogP contribution in [0.25, 0.3) is 0 Å². The van der Waals surface area contributed by atoms with Crippen molar-refractivity contribution >= 4 is 29.0 Å². The van der Waals surface area contributed by atoms with E-state index in [9.17, 15) is 9.18 Å². The first-order valence-electron chi connectivity index (χ1n) is 6.14. The molecule has 0 bridgehead atoms. The molecule has 1 aromatic heterocycles. The summed E-state index contributed by atoms with van der Waals surface area (Å²) >= 11 is 3.11. The van der Waals surface area contributed by atoms with Crippen LogP contribution in [-0.2, 0) is 17.1 Å². The van der Waals surface area contributed by atoms with Gasteiger partial charge in [0.05, 0.1) is 16.5 Å². The lowest BCUT2D eigenvalue weighted by molar-refractivity contribution is -0.118. The molecule has 2 rings (SSSR count). The number of hydrogen-bond donors (Lipinski definition) is 1. The molecular formula is C14H15FN2OS2. The number of aromatic nitrogens is 1. The number of nitrogens with zero attached hydrogens (tertiary/aromatic N) is 1. The Kier molecular flexibility index (Phi) is 5.55. The quantitative estimate of drug-likeness (QED) is 0.891. The minimum atomic E-state index is -0.293.